The van der Waals surface area contributed by atoms with Crippen molar-refractivity contribution in [2.45, 2.75) is 25.7 Å². The molecule has 2 fully saturated rings. The van der Waals surface area contributed by atoms with Gasteiger partial charge in [-0.15, -0.1) is 0 Å². The molecule has 1 saturated heterocycles. The molecule has 0 atom stereocenters. The fraction of sp³-hybridized carbons (Fsp3) is 0.562. The SMILES string of the molecule is O=C(C1CCCC1)N1CCN(c2nc3cccnc3o2)CC1. The van der Waals surface area contributed by atoms with Gasteiger partial charge in [0.15, 0.2) is 0 Å². The van der Waals surface area contributed by atoms with E-state index in [9.17, 15) is 4.79 Å². The van der Waals surface area contributed by atoms with Crippen molar-refractivity contribution >= 4 is 23.2 Å². The number of carbonyl (C=O) groups is 1. The number of piperazine rings is 1. The predicted octanol–water partition coefficient (Wildman–Crippen LogP) is 2.06. The van der Waals surface area contributed by atoms with Crippen LogP contribution in [-0.2, 0) is 4.79 Å². The Morgan fingerprint density at radius 3 is 2.68 bits per heavy atom. The molecular weight excluding hydrogens is 280 g/mol. The van der Waals surface area contributed by atoms with Gasteiger partial charge in [0.25, 0.3) is 6.01 Å². The molecule has 0 unspecified atom stereocenters. The lowest BCUT2D eigenvalue weighted by Gasteiger charge is -2.35. The molecule has 1 aliphatic heterocycles. The van der Waals surface area contributed by atoms with Gasteiger partial charge in [0.1, 0.15) is 5.52 Å². The van der Waals surface area contributed by atoms with Crippen molar-refractivity contribution in [1.82, 2.24) is 14.9 Å². The molecule has 6 heteroatoms. The average Bonchev–Trinajstić information content (AvgIpc) is 3.23. The van der Waals surface area contributed by atoms with E-state index in [0.717, 1.165) is 44.5 Å². The number of fused-ring (bicyclic) bond motifs is 1. The standard InChI is InChI=1S/C16H20N4O2/c21-15(12-4-1-2-5-12)19-8-10-20(11-9-19)16-18-13-6-3-7-17-14(13)22-16/h3,6-7,12H,1-2,4-5,8-11H2. The highest BCUT2D eigenvalue weighted by Gasteiger charge is 2.30. The highest BCUT2D eigenvalue weighted by molar-refractivity contribution is 5.79. The molecule has 0 radical (unpaired) electrons. The van der Waals surface area contributed by atoms with Gasteiger partial charge in [-0.1, -0.05) is 12.8 Å². The zero-order valence-electron chi connectivity index (χ0n) is 12.6. The van der Waals surface area contributed by atoms with E-state index in [-0.39, 0.29) is 5.92 Å². The van der Waals surface area contributed by atoms with Crippen LogP contribution in [0.25, 0.3) is 11.2 Å². The molecule has 3 heterocycles. The van der Waals surface area contributed by atoms with Crippen molar-refractivity contribution < 1.29 is 9.21 Å². The number of amides is 1. The minimum absolute atomic E-state index is 0.264. The lowest BCUT2D eigenvalue weighted by atomic mass is 10.1. The molecule has 1 amide bonds. The molecule has 2 aliphatic rings. The van der Waals surface area contributed by atoms with Crippen LogP contribution in [0.4, 0.5) is 6.01 Å². The Hall–Kier alpha value is -2.11. The van der Waals surface area contributed by atoms with Crippen LogP contribution in [0.15, 0.2) is 22.7 Å². The first-order valence-corrected chi connectivity index (χ1v) is 8.06. The maximum Gasteiger partial charge on any atom is 0.299 e. The second-order valence-electron chi connectivity index (χ2n) is 6.12. The van der Waals surface area contributed by atoms with Crippen molar-refractivity contribution in [3.05, 3.63) is 18.3 Å². The summed E-state index contributed by atoms with van der Waals surface area (Å²) in [4.78, 5) is 25.2. The number of oxazole rings is 1. The first-order chi connectivity index (χ1) is 10.8. The fourth-order valence-electron chi connectivity index (χ4n) is 3.44. The number of carbonyl (C=O) groups excluding carboxylic acids is 1. The highest BCUT2D eigenvalue weighted by Crippen LogP contribution is 2.27. The molecule has 0 N–H and O–H groups in total. The van der Waals surface area contributed by atoms with Gasteiger partial charge in [0, 0.05) is 38.3 Å². The summed E-state index contributed by atoms with van der Waals surface area (Å²) in [7, 11) is 0. The minimum atomic E-state index is 0.264. The van der Waals surface area contributed by atoms with Gasteiger partial charge >= 0.3 is 0 Å². The maximum atomic E-state index is 12.4. The van der Waals surface area contributed by atoms with Gasteiger partial charge in [0.2, 0.25) is 11.6 Å². The number of aromatic nitrogens is 2. The minimum Gasteiger partial charge on any atom is -0.404 e. The van der Waals surface area contributed by atoms with Gasteiger partial charge in [-0.3, -0.25) is 4.79 Å². The van der Waals surface area contributed by atoms with Crippen LogP contribution < -0.4 is 4.90 Å². The van der Waals surface area contributed by atoms with Crippen LogP contribution in [0.1, 0.15) is 25.7 Å². The molecule has 0 aromatic carbocycles. The van der Waals surface area contributed by atoms with Gasteiger partial charge in [0.05, 0.1) is 0 Å². The van der Waals surface area contributed by atoms with E-state index in [2.05, 4.69) is 14.9 Å². The molecule has 1 saturated carbocycles. The summed E-state index contributed by atoms with van der Waals surface area (Å²) in [5.74, 6) is 0.608. The molecule has 6 nitrogen and oxygen atoms in total. The van der Waals surface area contributed by atoms with E-state index in [0.29, 0.717) is 17.6 Å². The largest absolute Gasteiger partial charge is 0.404 e. The van der Waals surface area contributed by atoms with Crippen molar-refractivity contribution in [2.24, 2.45) is 5.92 Å². The summed E-state index contributed by atoms with van der Waals surface area (Å²) in [6.45, 7) is 3.04. The van der Waals surface area contributed by atoms with Crippen molar-refractivity contribution in [3.63, 3.8) is 0 Å². The van der Waals surface area contributed by atoms with Gasteiger partial charge in [-0.05, 0) is 25.0 Å². The van der Waals surface area contributed by atoms with E-state index in [1.807, 2.05) is 17.0 Å². The van der Waals surface area contributed by atoms with Crippen molar-refractivity contribution in [1.29, 1.82) is 0 Å². The Bertz CT molecular complexity index is 637. The molecule has 0 bridgehead atoms. The van der Waals surface area contributed by atoms with Crippen LogP contribution >= 0.6 is 0 Å². The van der Waals surface area contributed by atoms with Crippen LogP contribution in [0.5, 0.6) is 0 Å². The van der Waals surface area contributed by atoms with Crippen LogP contribution in [-0.4, -0.2) is 47.0 Å². The Labute approximate surface area is 129 Å². The van der Waals surface area contributed by atoms with Gasteiger partial charge in [-0.2, -0.15) is 4.98 Å². The number of rotatable bonds is 2. The summed E-state index contributed by atoms with van der Waals surface area (Å²) < 4.78 is 5.70. The maximum absolute atomic E-state index is 12.4. The number of hydrogen-bond donors (Lipinski definition) is 0. The number of pyridine rings is 1. The van der Waals surface area contributed by atoms with E-state index >= 15 is 0 Å². The summed E-state index contributed by atoms with van der Waals surface area (Å²) in [5.41, 5.74) is 1.35. The van der Waals surface area contributed by atoms with Gasteiger partial charge in [-0.25, -0.2) is 4.98 Å². The van der Waals surface area contributed by atoms with E-state index in [1.54, 1.807) is 6.20 Å². The smallest absolute Gasteiger partial charge is 0.299 e. The van der Waals surface area contributed by atoms with E-state index in [1.165, 1.54) is 12.8 Å². The highest BCUT2D eigenvalue weighted by atomic mass is 16.4. The van der Waals surface area contributed by atoms with Gasteiger partial charge < -0.3 is 14.2 Å². The Morgan fingerprint density at radius 2 is 1.95 bits per heavy atom. The van der Waals surface area contributed by atoms with E-state index < -0.39 is 0 Å². The van der Waals surface area contributed by atoms with Crippen LogP contribution in [0, 0.1) is 5.92 Å². The predicted molar refractivity (Wildman–Crippen MR) is 82.6 cm³/mol. The van der Waals surface area contributed by atoms with E-state index in [4.69, 9.17) is 4.42 Å². The average molecular weight is 300 g/mol. The number of nitrogens with zero attached hydrogens (tertiary/aromatic N) is 4. The number of anilines is 1. The van der Waals surface area contributed by atoms with Crippen molar-refractivity contribution in [3.8, 4) is 0 Å². The molecule has 116 valence electrons. The number of hydrogen-bond acceptors (Lipinski definition) is 5. The quantitative estimate of drug-likeness (QED) is 0.849. The third-order valence-electron chi connectivity index (χ3n) is 4.72. The fourth-order valence-corrected chi connectivity index (χ4v) is 3.44. The summed E-state index contributed by atoms with van der Waals surface area (Å²) in [6.07, 6.45) is 6.24. The third kappa shape index (κ3) is 2.42. The van der Waals surface area contributed by atoms with Crippen LogP contribution in [0.3, 0.4) is 0 Å². The molecule has 4 rings (SSSR count). The first kappa shape index (κ1) is 13.5. The third-order valence-corrected chi connectivity index (χ3v) is 4.72. The lowest BCUT2D eigenvalue weighted by Crippen LogP contribution is -2.50. The Kier molecular flexibility index (Phi) is 3.44. The Morgan fingerprint density at radius 1 is 1.18 bits per heavy atom. The summed E-state index contributed by atoms with van der Waals surface area (Å²) in [5, 5.41) is 0. The molecule has 1 aliphatic carbocycles. The monoisotopic (exact) mass is 300 g/mol. The lowest BCUT2D eigenvalue weighted by molar-refractivity contribution is -0.135. The van der Waals surface area contributed by atoms with Crippen molar-refractivity contribution in [2.75, 3.05) is 31.1 Å². The first-order valence-electron chi connectivity index (χ1n) is 8.06. The summed E-state index contributed by atoms with van der Waals surface area (Å²) >= 11 is 0. The molecular formula is C16H20N4O2. The summed E-state index contributed by atoms with van der Waals surface area (Å²) in [6, 6.07) is 4.36. The molecule has 2 aromatic heterocycles. The molecule has 22 heavy (non-hydrogen) atoms. The zero-order valence-corrected chi connectivity index (χ0v) is 12.6. The normalized spacial score (nSPS) is 20.0. The van der Waals surface area contributed by atoms with Crippen LogP contribution in [0.2, 0.25) is 0 Å². The molecule has 0 spiro atoms. The Balaban J connectivity index is 1.41. The topological polar surface area (TPSA) is 62.5 Å². The zero-order chi connectivity index (χ0) is 14.9. The second kappa shape index (κ2) is 5.59. The molecule has 2 aromatic rings. The second-order valence-corrected chi connectivity index (χ2v) is 6.12.